The van der Waals surface area contributed by atoms with E-state index in [1.54, 1.807) is 0 Å². The minimum absolute atomic E-state index is 0.0354. The van der Waals surface area contributed by atoms with E-state index in [0.717, 1.165) is 44.8 Å². The van der Waals surface area contributed by atoms with Crippen LogP contribution in [0, 0.1) is 5.92 Å². The molecule has 1 aromatic rings. The van der Waals surface area contributed by atoms with Crippen LogP contribution in [0.3, 0.4) is 0 Å². The van der Waals surface area contributed by atoms with Crippen molar-refractivity contribution in [2.45, 2.75) is 19.4 Å². The van der Waals surface area contributed by atoms with Gasteiger partial charge in [0.25, 0.3) is 0 Å². The second-order valence-corrected chi connectivity index (χ2v) is 5.73. The third kappa shape index (κ3) is 3.85. The molecule has 3 rings (SSSR count). The fraction of sp³-hybridized carbons (Fsp3) is 0.471. The normalized spacial score (nSPS) is 22.8. The summed E-state index contributed by atoms with van der Waals surface area (Å²) < 4.78 is 5.81. The van der Waals surface area contributed by atoms with Crippen LogP contribution >= 0.6 is 0 Å². The number of hydrogen-bond acceptors (Lipinski definition) is 3. The number of nitrogens with one attached hydrogen (secondary N) is 1. The average molecular weight is 286 g/mol. The van der Waals surface area contributed by atoms with Crippen LogP contribution in [0.25, 0.3) is 0 Å². The lowest BCUT2D eigenvalue weighted by Crippen LogP contribution is -2.29. The van der Waals surface area contributed by atoms with Crippen LogP contribution in [0.1, 0.15) is 18.4 Å². The topological polar surface area (TPSA) is 41.6 Å². The van der Waals surface area contributed by atoms with Crippen molar-refractivity contribution >= 4 is 5.91 Å². The number of carbonyl (C=O) groups excluding carboxylic acids is 1. The first-order valence-electron chi connectivity index (χ1n) is 7.67. The molecule has 1 N–H and O–H groups in total. The summed E-state index contributed by atoms with van der Waals surface area (Å²) in [7, 11) is 0. The van der Waals surface area contributed by atoms with Crippen LogP contribution in [0.5, 0.6) is 0 Å². The molecule has 1 atom stereocenters. The molecule has 1 aromatic carbocycles. The molecule has 112 valence electrons. The standard InChI is InChI=1S/C17H22N2O2/c20-17-15(6-9-18-17)13-21-16-7-10-19(11-8-16)12-14-4-2-1-3-5-14/h1-5,7,15H,6,8-13H2,(H,18,20). The van der Waals surface area contributed by atoms with Gasteiger partial charge in [0.05, 0.1) is 18.3 Å². The van der Waals surface area contributed by atoms with Crippen molar-refractivity contribution < 1.29 is 9.53 Å². The maximum Gasteiger partial charge on any atom is 0.226 e. The Morgan fingerprint density at radius 3 is 2.81 bits per heavy atom. The Labute approximate surface area is 125 Å². The average Bonchev–Trinajstić information content (AvgIpc) is 2.93. The zero-order valence-corrected chi connectivity index (χ0v) is 12.3. The van der Waals surface area contributed by atoms with E-state index < -0.39 is 0 Å². The highest BCUT2D eigenvalue weighted by molar-refractivity contribution is 5.80. The zero-order chi connectivity index (χ0) is 14.5. The van der Waals surface area contributed by atoms with Crippen molar-refractivity contribution in [2.75, 3.05) is 26.2 Å². The molecule has 1 saturated heterocycles. The Morgan fingerprint density at radius 1 is 1.29 bits per heavy atom. The lowest BCUT2D eigenvalue weighted by atomic mass is 10.1. The van der Waals surface area contributed by atoms with Gasteiger partial charge in [0.15, 0.2) is 0 Å². The molecule has 0 spiro atoms. The molecular formula is C17H22N2O2. The SMILES string of the molecule is O=C1NCCC1COC1=CCN(Cc2ccccc2)CC1. The van der Waals surface area contributed by atoms with Crippen LogP contribution in [-0.4, -0.2) is 37.0 Å². The van der Waals surface area contributed by atoms with Crippen molar-refractivity contribution in [1.82, 2.24) is 10.2 Å². The maximum absolute atomic E-state index is 11.5. The van der Waals surface area contributed by atoms with E-state index in [1.165, 1.54) is 5.56 Å². The summed E-state index contributed by atoms with van der Waals surface area (Å²) in [5.74, 6) is 1.21. The number of amides is 1. The number of hydrogen-bond donors (Lipinski definition) is 1. The summed E-state index contributed by atoms with van der Waals surface area (Å²) in [4.78, 5) is 13.9. The molecule has 4 heteroatoms. The summed E-state index contributed by atoms with van der Waals surface area (Å²) in [5, 5.41) is 2.85. The number of nitrogens with zero attached hydrogens (tertiary/aromatic N) is 1. The second-order valence-electron chi connectivity index (χ2n) is 5.73. The van der Waals surface area contributed by atoms with Crippen LogP contribution in [0.15, 0.2) is 42.2 Å². The second kappa shape index (κ2) is 6.76. The Morgan fingerprint density at radius 2 is 2.14 bits per heavy atom. The summed E-state index contributed by atoms with van der Waals surface area (Å²) in [6, 6.07) is 10.5. The fourth-order valence-electron chi connectivity index (χ4n) is 2.82. The van der Waals surface area contributed by atoms with Gasteiger partial charge in [-0.2, -0.15) is 0 Å². The lowest BCUT2D eigenvalue weighted by molar-refractivity contribution is -0.123. The predicted octanol–water partition coefficient (Wildman–Crippen LogP) is 1.93. The largest absolute Gasteiger partial charge is 0.497 e. The Bertz CT molecular complexity index is 513. The van der Waals surface area contributed by atoms with E-state index in [2.05, 4.69) is 40.6 Å². The molecular weight excluding hydrogens is 264 g/mol. The van der Waals surface area contributed by atoms with Crippen molar-refractivity contribution in [2.24, 2.45) is 5.92 Å². The molecule has 21 heavy (non-hydrogen) atoms. The van der Waals surface area contributed by atoms with E-state index >= 15 is 0 Å². The molecule has 0 radical (unpaired) electrons. The van der Waals surface area contributed by atoms with Gasteiger partial charge in [-0.1, -0.05) is 30.3 Å². The van der Waals surface area contributed by atoms with E-state index in [0.29, 0.717) is 6.61 Å². The first-order chi connectivity index (χ1) is 10.3. The van der Waals surface area contributed by atoms with E-state index in [-0.39, 0.29) is 11.8 Å². The molecule has 0 bridgehead atoms. The quantitative estimate of drug-likeness (QED) is 0.899. The van der Waals surface area contributed by atoms with Gasteiger partial charge in [-0.25, -0.2) is 0 Å². The molecule has 4 nitrogen and oxygen atoms in total. The van der Waals surface area contributed by atoms with Gasteiger partial charge in [0, 0.05) is 32.6 Å². The molecule has 0 saturated carbocycles. The highest BCUT2D eigenvalue weighted by Gasteiger charge is 2.25. The summed E-state index contributed by atoms with van der Waals surface area (Å²) >= 11 is 0. The highest BCUT2D eigenvalue weighted by Crippen LogP contribution is 2.17. The highest BCUT2D eigenvalue weighted by atomic mass is 16.5. The van der Waals surface area contributed by atoms with Gasteiger partial charge >= 0.3 is 0 Å². The monoisotopic (exact) mass is 286 g/mol. The summed E-state index contributed by atoms with van der Waals surface area (Å²) in [5.41, 5.74) is 1.35. The van der Waals surface area contributed by atoms with Crippen molar-refractivity contribution in [3.8, 4) is 0 Å². The molecule has 1 fully saturated rings. The number of ether oxygens (including phenoxy) is 1. The molecule has 1 amide bonds. The molecule has 0 aromatic heterocycles. The zero-order valence-electron chi connectivity index (χ0n) is 12.3. The predicted molar refractivity (Wildman–Crippen MR) is 81.5 cm³/mol. The van der Waals surface area contributed by atoms with Crippen molar-refractivity contribution in [3.63, 3.8) is 0 Å². The summed E-state index contributed by atoms with van der Waals surface area (Å²) in [6.45, 7) is 4.22. The van der Waals surface area contributed by atoms with E-state index in [1.807, 2.05) is 6.07 Å². The Kier molecular flexibility index (Phi) is 4.55. The number of benzene rings is 1. The lowest BCUT2D eigenvalue weighted by Gasteiger charge is -2.26. The molecule has 1 unspecified atom stereocenters. The van der Waals surface area contributed by atoms with Crippen LogP contribution in [-0.2, 0) is 16.1 Å². The van der Waals surface area contributed by atoms with E-state index in [9.17, 15) is 4.79 Å². The number of carbonyl (C=O) groups is 1. The van der Waals surface area contributed by atoms with Crippen LogP contribution < -0.4 is 5.32 Å². The molecule has 2 aliphatic rings. The Hall–Kier alpha value is -1.81. The van der Waals surface area contributed by atoms with Gasteiger partial charge in [-0.05, 0) is 18.1 Å². The van der Waals surface area contributed by atoms with Crippen LogP contribution in [0.2, 0.25) is 0 Å². The third-order valence-corrected chi connectivity index (χ3v) is 4.13. The van der Waals surface area contributed by atoms with Crippen LogP contribution in [0.4, 0.5) is 0 Å². The van der Waals surface area contributed by atoms with Gasteiger partial charge < -0.3 is 10.1 Å². The Balaban J connectivity index is 1.44. The minimum Gasteiger partial charge on any atom is -0.497 e. The van der Waals surface area contributed by atoms with Gasteiger partial charge in [-0.15, -0.1) is 0 Å². The molecule has 2 aliphatic heterocycles. The third-order valence-electron chi connectivity index (χ3n) is 4.13. The van der Waals surface area contributed by atoms with E-state index in [4.69, 9.17) is 4.74 Å². The smallest absolute Gasteiger partial charge is 0.226 e. The maximum atomic E-state index is 11.5. The summed E-state index contributed by atoms with van der Waals surface area (Å²) in [6.07, 6.45) is 3.98. The van der Waals surface area contributed by atoms with Gasteiger partial charge in [0.2, 0.25) is 5.91 Å². The first-order valence-corrected chi connectivity index (χ1v) is 7.67. The molecule has 0 aliphatic carbocycles. The minimum atomic E-state index is 0.0354. The van der Waals surface area contributed by atoms with Crippen molar-refractivity contribution in [3.05, 3.63) is 47.7 Å². The molecule has 2 heterocycles. The van der Waals surface area contributed by atoms with Crippen molar-refractivity contribution in [1.29, 1.82) is 0 Å². The number of rotatable bonds is 5. The fourth-order valence-corrected chi connectivity index (χ4v) is 2.82. The first kappa shape index (κ1) is 14.1. The van der Waals surface area contributed by atoms with Gasteiger partial charge in [-0.3, -0.25) is 9.69 Å². The van der Waals surface area contributed by atoms with Gasteiger partial charge in [0.1, 0.15) is 0 Å².